The maximum atomic E-state index is 14.7. The van der Waals surface area contributed by atoms with Gasteiger partial charge in [0.15, 0.2) is 5.82 Å². The molecule has 3 N–H and O–H groups in total. The third-order valence-corrected chi connectivity index (χ3v) is 8.06. The first kappa shape index (κ1) is 30.7. The van der Waals surface area contributed by atoms with E-state index in [1.807, 2.05) is 6.92 Å². The minimum Gasteiger partial charge on any atom is -0.469 e. The van der Waals surface area contributed by atoms with Gasteiger partial charge in [0.2, 0.25) is 11.5 Å². The molecular formula is C32H31ClFN5O5. The first-order valence-electron chi connectivity index (χ1n) is 14.1. The van der Waals surface area contributed by atoms with Crippen molar-refractivity contribution in [2.24, 2.45) is 5.92 Å². The molecule has 5 rings (SSSR count). The van der Waals surface area contributed by atoms with Gasteiger partial charge < -0.3 is 20.4 Å². The molecule has 44 heavy (non-hydrogen) atoms. The Balaban J connectivity index is 1.52. The van der Waals surface area contributed by atoms with E-state index in [9.17, 15) is 23.6 Å². The molecule has 0 unspecified atom stereocenters. The summed E-state index contributed by atoms with van der Waals surface area (Å²) in [4.78, 5) is 58.6. The van der Waals surface area contributed by atoms with E-state index in [2.05, 4.69) is 20.6 Å². The van der Waals surface area contributed by atoms with Crippen molar-refractivity contribution in [3.63, 3.8) is 0 Å². The molecule has 2 aromatic carbocycles. The van der Waals surface area contributed by atoms with Crippen LogP contribution >= 0.6 is 11.6 Å². The molecule has 2 amide bonds. The second-order valence-corrected chi connectivity index (χ2v) is 11.2. The van der Waals surface area contributed by atoms with Crippen molar-refractivity contribution in [3.05, 3.63) is 98.7 Å². The molecule has 0 saturated heterocycles. The minimum atomic E-state index is -0.633. The average Bonchev–Trinajstić information content (AvgIpc) is 3.38. The van der Waals surface area contributed by atoms with Crippen molar-refractivity contribution in [1.82, 2.24) is 19.9 Å². The Hall–Kier alpha value is -4.77. The molecule has 4 aromatic rings. The van der Waals surface area contributed by atoms with Crippen LogP contribution in [0.5, 0.6) is 0 Å². The van der Waals surface area contributed by atoms with E-state index in [1.54, 1.807) is 37.3 Å². The number of carbonyl (C=O) groups excluding carboxylic acids is 3. The molecule has 0 saturated carbocycles. The molecule has 2 bridgehead atoms. The van der Waals surface area contributed by atoms with Gasteiger partial charge in [-0.1, -0.05) is 43.1 Å². The Bertz CT molecular complexity index is 1820. The van der Waals surface area contributed by atoms with Crippen LogP contribution in [-0.4, -0.2) is 39.4 Å². The number of pyridine rings is 1. The number of hydrogen-bond acceptors (Lipinski definition) is 6. The molecule has 1 aliphatic heterocycles. The summed E-state index contributed by atoms with van der Waals surface area (Å²) in [5.41, 5.74) is 2.92. The molecule has 3 heterocycles. The monoisotopic (exact) mass is 619 g/mol. The molecular weight excluding hydrogens is 589 g/mol. The normalized spacial score (nSPS) is 16.6. The zero-order valence-corrected chi connectivity index (χ0v) is 25.1. The summed E-state index contributed by atoms with van der Waals surface area (Å²) in [7, 11) is 1.30. The standard InChI is InChI=1S/C32H31ClFN5O5/c1-17-6-4-8-23(37-32(43)30-18(2)39(16-35-30)26-9-5-7-22(33)29(26)34)25-14-20(15-27(40)36-25)21-11-10-19(13-28(41)44-3)12-24(21)38-31(17)42/h5,7,9-12,14-17,23H,4,6,8,13H2,1-3H3,(H,36,40)(H,37,43)(H,38,42)/t17-,23-/m0/s1. The lowest BCUT2D eigenvalue weighted by Gasteiger charge is -2.22. The summed E-state index contributed by atoms with van der Waals surface area (Å²) in [6.45, 7) is 3.47. The van der Waals surface area contributed by atoms with Gasteiger partial charge in [-0.25, -0.2) is 9.37 Å². The molecule has 2 atom stereocenters. The topological polar surface area (TPSA) is 135 Å². The van der Waals surface area contributed by atoms with E-state index < -0.39 is 29.3 Å². The van der Waals surface area contributed by atoms with E-state index >= 15 is 0 Å². The van der Waals surface area contributed by atoms with E-state index in [0.29, 0.717) is 53.0 Å². The molecule has 0 spiro atoms. The smallest absolute Gasteiger partial charge is 0.309 e. The van der Waals surface area contributed by atoms with Crippen LogP contribution in [0.4, 0.5) is 10.1 Å². The quantitative estimate of drug-likeness (QED) is 0.260. The van der Waals surface area contributed by atoms with Crippen LogP contribution < -0.4 is 16.2 Å². The van der Waals surface area contributed by atoms with Crippen LogP contribution in [0.25, 0.3) is 16.8 Å². The maximum Gasteiger partial charge on any atom is 0.309 e. The molecule has 10 nitrogen and oxygen atoms in total. The minimum absolute atomic E-state index is 0.0169. The number of carbonyl (C=O) groups is 3. The number of rotatable bonds is 5. The number of ether oxygens (including phenoxy) is 1. The maximum absolute atomic E-state index is 14.7. The predicted molar refractivity (Wildman–Crippen MR) is 163 cm³/mol. The second-order valence-electron chi connectivity index (χ2n) is 10.8. The zero-order chi connectivity index (χ0) is 31.5. The number of halogens is 2. The van der Waals surface area contributed by atoms with Gasteiger partial charge in [0.1, 0.15) is 12.0 Å². The molecule has 0 fully saturated rings. The predicted octanol–water partition coefficient (Wildman–Crippen LogP) is 5.27. The number of methoxy groups -OCH3 is 1. The van der Waals surface area contributed by atoms with Crippen LogP contribution in [0, 0.1) is 18.7 Å². The van der Waals surface area contributed by atoms with Gasteiger partial charge in [0, 0.05) is 28.9 Å². The summed E-state index contributed by atoms with van der Waals surface area (Å²) in [5.74, 6) is -2.13. The SMILES string of the molecule is COC(=O)Cc1ccc2c(c1)NC(=O)[C@@H](C)CCC[C@H](NC(=O)c1ncn(-c3cccc(Cl)c3F)c1C)c1cc-2cc(=O)[nH]1. The van der Waals surface area contributed by atoms with Crippen LogP contribution in [0.3, 0.4) is 0 Å². The van der Waals surface area contributed by atoms with Gasteiger partial charge in [-0.2, -0.15) is 0 Å². The molecule has 228 valence electrons. The van der Waals surface area contributed by atoms with Crippen LogP contribution in [0.2, 0.25) is 5.02 Å². The summed E-state index contributed by atoms with van der Waals surface area (Å²) in [5, 5.41) is 5.90. The number of nitrogens with zero attached hydrogens (tertiary/aromatic N) is 2. The molecule has 0 aliphatic carbocycles. The van der Waals surface area contributed by atoms with Crippen molar-refractivity contribution in [2.75, 3.05) is 12.4 Å². The van der Waals surface area contributed by atoms with Crippen LogP contribution in [-0.2, 0) is 20.7 Å². The number of aromatic amines is 1. The third kappa shape index (κ3) is 6.42. The van der Waals surface area contributed by atoms with Crippen molar-refractivity contribution in [1.29, 1.82) is 0 Å². The number of anilines is 1. The van der Waals surface area contributed by atoms with Crippen molar-refractivity contribution < 1.29 is 23.5 Å². The van der Waals surface area contributed by atoms with E-state index in [-0.39, 0.29) is 34.6 Å². The summed E-state index contributed by atoms with van der Waals surface area (Å²) in [6.07, 6.45) is 2.87. The highest BCUT2D eigenvalue weighted by Gasteiger charge is 2.25. The van der Waals surface area contributed by atoms with Gasteiger partial charge in [0.05, 0.1) is 36.0 Å². The fourth-order valence-corrected chi connectivity index (χ4v) is 5.47. The average molecular weight is 620 g/mol. The molecule has 0 radical (unpaired) electrons. The van der Waals surface area contributed by atoms with E-state index in [0.717, 1.165) is 0 Å². The fourth-order valence-electron chi connectivity index (χ4n) is 5.30. The Morgan fingerprint density at radius 1 is 1.16 bits per heavy atom. The highest BCUT2D eigenvalue weighted by Crippen LogP contribution is 2.32. The van der Waals surface area contributed by atoms with Crippen LogP contribution in [0.15, 0.2) is 59.7 Å². The Morgan fingerprint density at radius 2 is 1.95 bits per heavy atom. The van der Waals surface area contributed by atoms with Crippen molar-refractivity contribution in [3.8, 4) is 16.8 Å². The first-order valence-corrected chi connectivity index (χ1v) is 14.5. The highest BCUT2D eigenvalue weighted by atomic mass is 35.5. The van der Waals surface area contributed by atoms with Gasteiger partial charge in [-0.05, 0) is 55.2 Å². The lowest BCUT2D eigenvalue weighted by Crippen LogP contribution is -2.31. The number of hydrogen-bond donors (Lipinski definition) is 3. The highest BCUT2D eigenvalue weighted by molar-refractivity contribution is 6.30. The Kier molecular flexibility index (Phi) is 8.96. The van der Waals surface area contributed by atoms with E-state index in [1.165, 1.54) is 36.2 Å². The molecule has 12 heteroatoms. The second kappa shape index (κ2) is 12.8. The van der Waals surface area contributed by atoms with Crippen LogP contribution in [0.1, 0.15) is 59.7 Å². The van der Waals surface area contributed by atoms with Gasteiger partial charge in [-0.15, -0.1) is 0 Å². The summed E-state index contributed by atoms with van der Waals surface area (Å²) in [6, 6.07) is 12.3. The zero-order valence-electron chi connectivity index (χ0n) is 24.4. The van der Waals surface area contributed by atoms with E-state index in [4.69, 9.17) is 16.3 Å². The van der Waals surface area contributed by atoms with Gasteiger partial charge in [0.25, 0.3) is 5.91 Å². The molecule has 1 aliphatic rings. The number of imidazole rings is 1. The number of aromatic nitrogens is 3. The number of esters is 1. The summed E-state index contributed by atoms with van der Waals surface area (Å²) < 4.78 is 21.0. The number of amides is 2. The number of H-pyrrole nitrogens is 1. The van der Waals surface area contributed by atoms with Gasteiger partial charge >= 0.3 is 5.97 Å². The van der Waals surface area contributed by atoms with Gasteiger partial charge in [-0.3, -0.25) is 23.7 Å². The first-order chi connectivity index (χ1) is 21.0. The lowest BCUT2D eigenvalue weighted by atomic mass is 9.94. The Labute approximate surface area is 257 Å². The molecule has 2 aromatic heterocycles. The lowest BCUT2D eigenvalue weighted by molar-refractivity contribution is -0.139. The van der Waals surface area contributed by atoms with Crippen molar-refractivity contribution in [2.45, 2.75) is 45.6 Å². The third-order valence-electron chi connectivity index (χ3n) is 7.76. The number of fused-ring (bicyclic) bond motifs is 4. The number of benzene rings is 2. The summed E-state index contributed by atoms with van der Waals surface area (Å²) >= 11 is 5.96. The number of nitrogens with one attached hydrogen (secondary N) is 3. The fraction of sp³-hybridized carbons (Fsp3) is 0.281. The van der Waals surface area contributed by atoms with Crippen molar-refractivity contribution >= 4 is 35.1 Å². The largest absolute Gasteiger partial charge is 0.469 e. The Morgan fingerprint density at radius 3 is 2.73 bits per heavy atom.